The molecule has 1 fully saturated rings. The number of amidine groups is 1. The minimum Gasteiger partial charge on any atom is -0.454 e. The molecule has 2 heterocycles. The largest absolute Gasteiger partial charge is 0.454 e. The highest BCUT2D eigenvalue weighted by Gasteiger charge is 2.24. The zero-order valence-electron chi connectivity index (χ0n) is 12.9. The van der Waals surface area contributed by atoms with Crippen LogP contribution >= 0.6 is 11.8 Å². The van der Waals surface area contributed by atoms with Crippen molar-refractivity contribution in [3.05, 3.63) is 58.5 Å². The van der Waals surface area contributed by atoms with Crippen LogP contribution in [-0.2, 0) is 4.79 Å². The van der Waals surface area contributed by atoms with Crippen molar-refractivity contribution in [2.45, 2.75) is 6.92 Å². The van der Waals surface area contributed by atoms with Crippen molar-refractivity contribution >= 4 is 34.6 Å². The van der Waals surface area contributed by atoms with Crippen LogP contribution in [0.25, 0.3) is 6.08 Å². The van der Waals surface area contributed by atoms with Gasteiger partial charge in [0, 0.05) is 0 Å². The summed E-state index contributed by atoms with van der Waals surface area (Å²) in [7, 11) is 0. The van der Waals surface area contributed by atoms with Gasteiger partial charge < -0.3 is 14.8 Å². The average Bonchev–Trinajstić information content (AvgIpc) is 3.14. The molecule has 6 heteroatoms. The van der Waals surface area contributed by atoms with E-state index in [0.29, 0.717) is 15.8 Å². The smallest absolute Gasteiger partial charge is 0.264 e. The predicted octanol–water partition coefficient (Wildman–Crippen LogP) is 3.62. The van der Waals surface area contributed by atoms with Gasteiger partial charge in [0.05, 0.1) is 10.6 Å². The van der Waals surface area contributed by atoms with Gasteiger partial charge in [-0.15, -0.1) is 0 Å². The number of aryl methyl sites for hydroxylation is 1. The predicted molar refractivity (Wildman–Crippen MR) is 94.5 cm³/mol. The minimum absolute atomic E-state index is 0.149. The summed E-state index contributed by atoms with van der Waals surface area (Å²) < 4.78 is 10.7. The van der Waals surface area contributed by atoms with Crippen molar-refractivity contribution in [1.82, 2.24) is 5.32 Å². The van der Waals surface area contributed by atoms with E-state index in [4.69, 9.17) is 9.47 Å². The van der Waals surface area contributed by atoms with Crippen LogP contribution in [0.15, 0.2) is 52.4 Å². The Morgan fingerprint density at radius 3 is 2.92 bits per heavy atom. The van der Waals surface area contributed by atoms with Gasteiger partial charge >= 0.3 is 0 Å². The van der Waals surface area contributed by atoms with E-state index in [1.165, 1.54) is 11.8 Å². The number of amides is 1. The van der Waals surface area contributed by atoms with Crippen LogP contribution in [0.1, 0.15) is 11.1 Å². The van der Waals surface area contributed by atoms with Gasteiger partial charge in [-0.25, -0.2) is 4.99 Å². The summed E-state index contributed by atoms with van der Waals surface area (Å²) in [6, 6.07) is 13.4. The molecule has 24 heavy (non-hydrogen) atoms. The standard InChI is InChI=1S/C18H14N2O3S/c1-11-3-2-4-13(7-11)19-18-20-17(21)16(24-18)9-12-5-6-14-15(8-12)23-10-22-14/h2-9H,10H2,1H3,(H,19,20,21)/b16-9+. The summed E-state index contributed by atoms with van der Waals surface area (Å²) in [6.45, 7) is 2.24. The lowest BCUT2D eigenvalue weighted by Gasteiger charge is -1.98. The number of ether oxygens (including phenoxy) is 2. The molecular formula is C18H14N2O3S. The van der Waals surface area contributed by atoms with Crippen LogP contribution in [0.3, 0.4) is 0 Å². The van der Waals surface area contributed by atoms with Crippen molar-refractivity contribution < 1.29 is 14.3 Å². The lowest BCUT2D eigenvalue weighted by Crippen LogP contribution is -2.19. The van der Waals surface area contributed by atoms with E-state index in [2.05, 4.69) is 10.3 Å². The highest BCUT2D eigenvalue weighted by Crippen LogP contribution is 2.34. The molecule has 0 radical (unpaired) electrons. The Morgan fingerprint density at radius 1 is 1.17 bits per heavy atom. The zero-order valence-corrected chi connectivity index (χ0v) is 13.7. The molecule has 0 bridgehead atoms. The molecule has 120 valence electrons. The lowest BCUT2D eigenvalue weighted by atomic mass is 10.2. The number of nitrogens with one attached hydrogen (secondary N) is 1. The van der Waals surface area contributed by atoms with E-state index in [0.717, 1.165) is 22.6 Å². The number of hydrogen-bond donors (Lipinski definition) is 1. The van der Waals surface area contributed by atoms with E-state index >= 15 is 0 Å². The summed E-state index contributed by atoms with van der Waals surface area (Å²) in [5.41, 5.74) is 2.83. The Labute approximate surface area is 143 Å². The second kappa shape index (κ2) is 6.05. The van der Waals surface area contributed by atoms with Crippen LogP contribution in [0.5, 0.6) is 11.5 Å². The highest BCUT2D eigenvalue weighted by molar-refractivity contribution is 8.18. The Bertz CT molecular complexity index is 890. The maximum absolute atomic E-state index is 12.1. The van der Waals surface area contributed by atoms with Crippen molar-refractivity contribution in [2.75, 3.05) is 6.79 Å². The van der Waals surface area contributed by atoms with Crippen molar-refractivity contribution in [3.63, 3.8) is 0 Å². The molecule has 1 N–H and O–H groups in total. The van der Waals surface area contributed by atoms with E-state index in [-0.39, 0.29) is 12.7 Å². The summed E-state index contributed by atoms with van der Waals surface area (Å²) in [6.07, 6.45) is 1.82. The normalized spacial score (nSPS) is 19.1. The molecule has 4 rings (SSSR count). The first-order valence-electron chi connectivity index (χ1n) is 7.43. The number of carbonyl (C=O) groups excluding carboxylic acids is 1. The number of hydrogen-bond acceptors (Lipinski definition) is 5. The van der Waals surface area contributed by atoms with Gasteiger partial charge in [0.2, 0.25) is 6.79 Å². The molecule has 2 aliphatic heterocycles. The molecule has 2 aromatic carbocycles. The summed E-state index contributed by atoms with van der Waals surface area (Å²) in [5, 5.41) is 3.38. The van der Waals surface area contributed by atoms with Gasteiger partial charge in [0.1, 0.15) is 0 Å². The Balaban J connectivity index is 1.58. The van der Waals surface area contributed by atoms with E-state index < -0.39 is 0 Å². The molecule has 2 aromatic rings. The van der Waals surface area contributed by atoms with Gasteiger partial charge in [-0.1, -0.05) is 18.2 Å². The maximum atomic E-state index is 12.1. The van der Waals surface area contributed by atoms with Crippen LogP contribution in [0.2, 0.25) is 0 Å². The molecule has 0 saturated carbocycles. The average molecular weight is 338 g/mol. The zero-order chi connectivity index (χ0) is 16.5. The molecule has 2 aliphatic rings. The third kappa shape index (κ3) is 3.00. The van der Waals surface area contributed by atoms with Gasteiger partial charge in [-0.2, -0.15) is 0 Å². The molecular weight excluding hydrogens is 324 g/mol. The first-order valence-corrected chi connectivity index (χ1v) is 8.25. The molecule has 0 unspecified atom stereocenters. The monoisotopic (exact) mass is 338 g/mol. The van der Waals surface area contributed by atoms with Crippen molar-refractivity contribution in [1.29, 1.82) is 0 Å². The molecule has 5 nitrogen and oxygen atoms in total. The fourth-order valence-corrected chi connectivity index (χ4v) is 3.29. The van der Waals surface area contributed by atoms with Crippen LogP contribution < -0.4 is 14.8 Å². The fraction of sp³-hybridized carbons (Fsp3) is 0.111. The quantitative estimate of drug-likeness (QED) is 0.850. The maximum Gasteiger partial charge on any atom is 0.264 e. The molecule has 1 saturated heterocycles. The van der Waals surface area contributed by atoms with Gasteiger partial charge in [-0.05, 0) is 60.2 Å². The first kappa shape index (κ1) is 14.8. The van der Waals surface area contributed by atoms with Gasteiger partial charge in [-0.3, -0.25) is 4.79 Å². The van der Waals surface area contributed by atoms with E-state index in [1.807, 2.05) is 55.5 Å². The first-order chi connectivity index (χ1) is 11.7. The van der Waals surface area contributed by atoms with Crippen LogP contribution in [0, 0.1) is 6.92 Å². The molecule has 0 atom stereocenters. The summed E-state index contributed by atoms with van der Waals surface area (Å²) in [5.74, 6) is 1.27. The Morgan fingerprint density at radius 2 is 2.04 bits per heavy atom. The van der Waals surface area contributed by atoms with Gasteiger partial charge in [0.15, 0.2) is 16.7 Å². The van der Waals surface area contributed by atoms with Crippen molar-refractivity contribution in [2.24, 2.45) is 4.99 Å². The van der Waals surface area contributed by atoms with Gasteiger partial charge in [0.25, 0.3) is 5.91 Å². The Kier molecular flexibility index (Phi) is 3.74. The summed E-state index contributed by atoms with van der Waals surface area (Å²) >= 11 is 1.33. The number of nitrogens with zero attached hydrogens (tertiary/aromatic N) is 1. The molecule has 0 aliphatic carbocycles. The Hall–Kier alpha value is -2.73. The van der Waals surface area contributed by atoms with Crippen molar-refractivity contribution in [3.8, 4) is 11.5 Å². The molecule has 1 amide bonds. The third-order valence-corrected chi connectivity index (χ3v) is 4.49. The van der Waals surface area contributed by atoms with E-state index in [9.17, 15) is 4.79 Å². The fourth-order valence-electron chi connectivity index (χ4n) is 2.45. The van der Waals surface area contributed by atoms with Crippen LogP contribution in [-0.4, -0.2) is 17.9 Å². The number of rotatable bonds is 2. The second-order valence-electron chi connectivity index (χ2n) is 5.43. The topological polar surface area (TPSA) is 59.9 Å². The number of benzene rings is 2. The van der Waals surface area contributed by atoms with E-state index in [1.54, 1.807) is 0 Å². The third-order valence-electron chi connectivity index (χ3n) is 3.58. The number of aliphatic imine (C=N–C) groups is 1. The highest BCUT2D eigenvalue weighted by atomic mass is 32.2. The van der Waals surface area contributed by atoms with Crippen LogP contribution in [0.4, 0.5) is 5.69 Å². The molecule has 0 aromatic heterocycles. The second-order valence-corrected chi connectivity index (χ2v) is 6.46. The minimum atomic E-state index is -0.149. The summed E-state index contributed by atoms with van der Waals surface area (Å²) in [4.78, 5) is 17.2. The lowest BCUT2D eigenvalue weighted by molar-refractivity contribution is -0.115. The molecule has 0 spiro atoms. The number of fused-ring (bicyclic) bond motifs is 1. The SMILES string of the molecule is Cc1cccc(N=C2NC(=O)/C(=C\c3ccc4c(c3)OCO4)S2)c1. The number of carbonyl (C=O) groups is 1. The number of thioether (sulfide) groups is 1.